The number of rotatable bonds is 11. The lowest BCUT2D eigenvalue weighted by molar-refractivity contribution is -0.123. The molecule has 2 aliphatic rings. The highest BCUT2D eigenvalue weighted by Gasteiger charge is 2.40. The van der Waals surface area contributed by atoms with Crippen LogP contribution in [-0.2, 0) is 4.74 Å². The van der Waals surface area contributed by atoms with E-state index in [2.05, 4.69) is 46.8 Å². The number of hydrogen-bond acceptors (Lipinski definition) is 2. The normalized spacial score (nSPS) is 32.4. The Morgan fingerprint density at radius 3 is 2.72 bits per heavy atom. The minimum Gasteiger partial charge on any atom is -0.390 e. The molecule has 0 aromatic rings. The van der Waals surface area contributed by atoms with Gasteiger partial charge in [0, 0.05) is 0 Å². The highest BCUT2D eigenvalue weighted by atomic mass is 16.5. The van der Waals surface area contributed by atoms with Crippen LogP contribution in [0.2, 0.25) is 0 Å². The minimum atomic E-state index is -0.488. The van der Waals surface area contributed by atoms with E-state index in [1.807, 2.05) is 6.92 Å². The zero-order valence-electron chi connectivity index (χ0n) is 20.2. The molecule has 5 unspecified atom stereocenters. The number of allylic oxidation sites excluding steroid dienone is 3. The quantitative estimate of drug-likeness (QED) is 0.282. The average molecular weight is 405 g/mol. The maximum atomic E-state index is 10.5. The van der Waals surface area contributed by atoms with E-state index in [0.29, 0.717) is 12.0 Å². The van der Waals surface area contributed by atoms with Gasteiger partial charge in [0.25, 0.3) is 0 Å². The summed E-state index contributed by atoms with van der Waals surface area (Å²) in [5, 5.41) is 10.5. The van der Waals surface area contributed by atoms with Crippen molar-refractivity contribution in [3.05, 3.63) is 23.3 Å². The Kier molecular flexibility index (Phi) is 9.48. The second kappa shape index (κ2) is 11.1. The third-order valence-corrected chi connectivity index (χ3v) is 7.62. The van der Waals surface area contributed by atoms with Crippen LogP contribution in [0.5, 0.6) is 0 Å². The summed E-state index contributed by atoms with van der Waals surface area (Å²) in [5.74, 6) is 1.37. The van der Waals surface area contributed by atoms with E-state index in [-0.39, 0.29) is 5.60 Å². The van der Waals surface area contributed by atoms with Crippen molar-refractivity contribution in [2.75, 3.05) is 0 Å². The molecule has 0 saturated carbocycles. The Labute approximate surface area is 181 Å². The van der Waals surface area contributed by atoms with Gasteiger partial charge in [-0.3, -0.25) is 0 Å². The van der Waals surface area contributed by atoms with Gasteiger partial charge >= 0.3 is 0 Å². The summed E-state index contributed by atoms with van der Waals surface area (Å²) in [6, 6.07) is 0. The Morgan fingerprint density at radius 1 is 1.28 bits per heavy atom. The smallest absolute Gasteiger partial charge is 0.0820 e. The summed E-state index contributed by atoms with van der Waals surface area (Å²) in [4.78, 5) is 0. The fraction of sp³-hybridized carbons (Fsp3) is 0.852. The first-order chi connectivity index (χ1) is 13.7. The lowest BCUT2D eigenvalue weighted by Gasteiger charge is -2.46. The molecule has 2 nitrogen and oxygen atoms in total. The van der Waals surface area contributed by atoms with Gasteiger partial charge in [-0.25, -0.2) is 0 Å². The number of fused-ring (bicyclic) bond motifs is 1. The highest BCUT2D eigenvalue weighted by Crippen LogP contribution is 2.43. The van der Waals surface area contributed by atoms with Gasteiger partial charge in [-0.2, -0.15) is 0 Å². The third-order valence-electron chi connectivity index (χ3n) is 7.62. The van der Waals surface area contributed by atoms with E-state index >= 15 is 0 Å². The maximum absolute atomic E-state index is 10.5. The van der Waals surface area contributed by atoms with Crippen LogP contribution in [0.1, 0.15) is 119 Å². The molecule has 1 saturated heterocycles. The van der Waals surface area contributed by atoms with E-state index in [1.54, 1.807) is 5.57 Å². The molecule has 2 rings (SSSR count). The molecule has 0 radical (unpaired) electrons. The molecule has 1 heterocycles. The van der Waals surface area contributed by atoms with E-state index in [0.717, 1.165) is 57.3 Å². The second-order valence-electron chi connectivity index (χ2n) is 10.7. The molecule has 0 spiro atoms. The van der Waals surface area contributed by atoms with Crippen molar-refractivity contribution < 1.29 is 9.84 Å². The Morgan fingerprint density at radius 2 is 2.00 bits per heavy atom. The topological polar surface area (TPSA) is 29.5 Å². The maximum Gasteiger partial charge on any atom is 0.0820 e. The molecule has 1 aliphatic heterocycles. The van der Waals surface area contributed by atoms with E-state index in [1.165, 1.54) is 31.3 Å². The molecular formula is C27H48O2. The van der Waals surface area contributed by atoms with Crippen molar-refractivity contribution in [3.8, 4) is 0 Å². The van der Waals surface area contributed by atoms with E-state index < -0.39 is 5.60 Å². The summed E-state index contributed by atoms with van der Waals surface area (Å²) in [6.45, 7) is 13.5. The van der Waals surface area contributed by atoms with Crippen LogP contribution in [0.25, 0.3) is 0 Å². The van der Waals surface area contributed by atoms with Crippen molar-refractivity contribution in [3.63, 3.8) is 0 Å². The van der Waals surface area contributed by atoms with Crippen LogP contribution in [0.3, 0.4) is 0 Å². The van der Waals surface area contributed by atoms with Crippen LogP contribution in [-0.4, -0.2) is 22.4 Å². The zero-order chi connectivity index (χ0) is 21.5. The highest BCUT2D eigenvalue weighted by molar-refractivity contribution is 5.18. The monoisotopic (exact) mass is 404 g/mol. The molecule has 168 valence electrons. The van der Waals surface area contributed by atoms with Gasteiger partial charge < -0.3 is 9.84 Å². The van der Waals surface area contributed by atoms with Crippen LogP contribution < -0.4 is 0 Å². The van der Waals surface area contributed by atoms with Crippen LogP contribution >= 0.6 is 0 Å². The van der Waals surface area contributed by atoms with Crippen LogP contribution in [0.4, 0.5) is 0 Å². The van der Waals surface area contributed by atoms with Crippen LogP contribution in [0, 0.1) is 11.8 Å². The van der Waals surface area contributed by atoms with Gasteiger partial charge in [-0.05, 0) is 96.0 Å². The molecular weight excluding hydrogens is 356 g/mol. The number of hydrogen-bond donors (Lipinski definition) is 1. The third kappa shape index (κ3) is 7.87. The molecule has 0 bridgehead atoms. The molecule has 0 aromatic carbocycles. The molecule has 29 heavy (non-hydrogen) atoms. The molecule has 0 amide bonds. The van der Waals surface area contributed by atoms with E-state index in [4.69, 9.17) is 4.74 Å². The molecule has 2 heteroatoms. The molecule has 0 aromatic heterocycles. The summed E-state index contributed by atoms with van der Waals surface area (Å²) in [6.07, 6.45) is 18.7. The van der Waals surface area contributed by atoms with Gasteiger partial charge in [0.2, 0.25) is 0 Å². The Hall–Kier alpha value is -0.600. The van der Waals surface area contributed by atoms with Gasteiger partial charge in [-0.15, -0.1) is 0 Å². The fourth-order valence-corrected chi connectivity index (χ4v) is 5.04. The van der Waals surface area contributed by atoms with Crippen LogP contribution in [0.15, 0.2) is 23.3 Å². The Bertz CT molecular complexity index is 559. The standard InChI is InChI=1S/C27H48O2/c1-7-8-9-17-26(5,28)18-10-12-21(2)13-11-19-27(6)20-16-24-15-14-22(3)23(4)25(24)29-27/h13,15,22-23,25,28H,7-12,14,16-20H2,1-6H3/b21-13+. The lowest BCUT2D eigenvalue weighted by Crippen LogP contribution is -2.44. The number of aliphatic hydroxyl groups is 1. The summed E-state index contributed by atoms with van der Waals surface area (Å²) in [5.41, 5.74) is 2.56. The number of unbranched alkanes of at least 4 members (excludes halogenated alkanes) is 2. The van der Waals surface area contributed by atoms with Crippen molar-refractivity contribution in [2.24, 2.45) is 11.8 Å². The van der Waals surface area contributed by atoms with Gasteiger partial charge in [0.05, 0.1) is 17.3 Å². The number of ether oxygens (including phenoxy) is 1. The second-order valence-corrected chi connectivity index (χ2v) is 10.7. The fourth-order valence-electron chi connectivity index (χ4n) is 5.04. The zero-order valence-corrected chi connectivity index (χ0v) is 20.2. The molecule has 5 atom stereocenters. The SMILES string of the molecule is CCCCCC(C)(O)CCC/C(C)=C/CCC1(C)CCC2=CCC(C)C(C)C2O1. The predicted molar refractivity (Wildman–Crippen MR) is 125 cm³/mol. The van der Waals surface area contributed by atoms with Crippen molar-refractivity contribution in [1.82, 2.24) is 0 Å². The molecule has 1 aliphatic carbocycles. The van der Waals surface area contributed by atoms with Crippen molar-refractivity contribution >= 4 is 0 Å². The van der Waals surface area contributed by atoms with Crippen molar-refractivity contribution in [1.29, 1.82) is 0 Å². The first kappa shape index (κ1) is 24.7. The van der Waals surface area contributed by atoms with E-state index in [9.17, 15) is 5.11 Å². The minimum absolute atomic E-state index is 0.0209. The summed E-state index contributed by atoms with van der Waals surface area (Å²) >= 11 is 0. The first-order valence-corrected chi connectivity index (χ1v) is 12.4. The van der Waals surface area contributed by atoms with Gasteiger partial charge in [0.15, 0.2) is 0 Å². The molecule has 1 N–H and O–H groups in total. The Balaban J connectivity index is 1.73. The first-order valence-electron chi connectivity index (χ1n) is 12.4. The van der Waals surface area contributed by atoms with Gasteiger partial charge in [0.1, 0.15) is 0 Å². The summed E-state index contributed by atoms with van der Waals surface area (Å²) < 4.78 is 6.68. The average Bonchev–Trinajstić information content (AvgIpc) is 2.65. The largest absolute Gasteiger partial charge is 0.390 e. The predicted octanol–water partition coefficient (Wildman–Crippen LogP) is 7.75. The van der Waals surface area contributed by atoms with Crippen molar-refractivity contribution in [2.45, 2.75) is 136 Å². The van der Waals surface area contributed by atoms with Gasteiger partial charge in [-0.1, -0.05) is 57.8 Å². The summed E-state index contributed by atoms with van der Waals surface area (Å²) in [7, 11) is 0. The lowest BCUT2D eigenvalue weighted by atomic mass is 9.74. The molecule has 1 fully saturated rings.